The fraction of sp³-hybridized carbons (Fsp3) is 0.267. The summed E-state index contributed by atoms with van der Waals surface area (Å²) in [6.45, 7) is 0. The number of benzene rings is 1. The molecule has 0 bridgehead atoms. The number of carbonyl (C=O) groups is 1. The number of fused-ring (bicyclic) bond motifs is 1. The van der Waals surface area contributed by atoms with Crippen molar-refractivity contribution in [3.63, 3.8) is 0 Å². The van der Waals surface area contributed by atoms with Crippen LogP contribution in [0.25, 0.3) is 0 Å². The van der Waals surface area contributed by atoms with E-state index in [1.807, 2.05) is 6.08 Å². The lowest BCUT2D eigenvalue weighted by Crippen LogP contribution is -2.12. The zero-order chi connectivity index (χ0) is 13.6. The van der Waals surface area contributed by atoms with E-state index in [1.54, 1.807) is 6.07 Å². The number of phenols is 1. The molecule has 2 aliphatic rings. The molecule has 98 valence electrons. The number of hydrogen-bond acceptors (Lipinski definition) is 2. The average molecular weight is 295 g/mol. The summed E-state index contributed by atoms with van der Waals surface area (Å²) in [4.78, 5) is 12.5. The summed E-state index contributed by atoms with van der Waals surface area (Å²) in [7, 11) is 0. The molecule has 0 spiro atoms. The first kappa shape index (κ1) is 12.8. The fourth-order valence-electron chi connectivity index (χ4n) is 2.74. The summed E-state index contributed by atoms with van der Waals surface area (Å²) in [6, 6.07) is 1.55. The van der Waals surface area contributed by atoms with Crippen molar-refractivity contribution in [1.29, 1.82) is 0 Å². The molecule has 0 fully saturated rings. The lowest BCUT2D eigenvalue weighted by atomic mass is 9.91. The van der Waals surface area contributed by atoms with E-state index in [2.05, 4.69) is 12.2 Å². The van der Waals surface area contributed by atoms with Crippen molar-refractivity contribution in [3.8, 4) is 5.75 Å². The Kier molecular flexibility index (Phi) is 3.15. The Bertz CT molecular complexity index is 630. The SMILES string of the molecule is O=C1c2c(cc(O)c(Cl)c2Cl)CC1C1=CCCC=C1. The third-order valence-corrected chi connectivity index (χ3v) is 4.54. The van der Waals surface area contributed by atoms with Gasteiger partial charge >= 0.3 is 0 Å². The maximum absolute atomic E-state index is 12.5. The van der Waals surface area contributed by atoms with Crippen molar-refractivity contribution in [2.45, 2.75) is 19.3 Å². The number of allylic oxidation sites excluding steroid dienone is 4. The van der Waals surface area contributed by atoms with Crippen LogP contribution in [-0.4, -0.2) is 10.9 Å². The van der Waals surface area contributed by atoms with Crippen LogP contribution in [0.5, 0.6) is 5.75 Å². The van der Waals surface area contributed by atoms with Crippen LogP contribution in [0.1, 0.15) is 28.8 Å². The summed E-state index contributed by atoms with van der Waals surface area (Å²) in [5.41, 5.74) is 2.29. The second-order valence-corrected chi connectivity index (χ2v) is 5.62. The molecule has 0 amide bonds. The van der Waals surface area contributed by atoms with Gasteiger partial charge in [-0.15, -0.1) is 0 Å². The molecule has 0 radical (unpaired) electrons. The monoisotopic (exact) mass is 294 g/mol. The molecule has 4 heteroatoms. The number of ketones is 1. The van der Waals surface area contributed by atoms with Crippen molar-refractivity contribution in [2.24, 2.45) is 5.92 Å². The molecule has 0 saturated carbocycles. The highest BCUT2D eigenvalue weighted by molar-refractivity contribution is 6.45. The van der Waals surface area contributed by atoms with Crippen LogP contribution < -0.4 is 0 Å². The van der Waals surface area contributed by atoms with Gasteiger partial charge in [-0.25, -0.2) is 0 Å². The largest absolute Gasteiger partial charge is 0.506 e. The highest BCUT2D eigenvalue weighted by Gasteiger charge is 2.35. The minimum atomic E-state index is -0.193. The lowest BCUT2D eigenvalue weighted by molar-refractivity contribution is 0.0956. The van der Waals surface area contributed by atoms with Crippen LogP contribution in [0, 0.1) is 5.92 Å². The van der Waals surface area contributed by atoms with Crippen molar-refractivity contribution < 1.29 is 9.90 Å². The quantitative estimate of drug-likeness (QED) is 0.837. The Labute approximate surface area is 121 Å². The normalized spacial score (nSPS) is 21.5. The molecule has 0 heterocycles. The standard InChI is InChI=1S/C15H12Cl2O2/c16-13-11(18)7-9-6-10(8-4-2-1-3-5-8)15(19)12(9)14(13)17/h2,4-5,7,10,18H,1,3,6H2. The van der Waals surface area contributed by atoms with Gasteiger partial charge in [0.1, 0.15) is 10.8 Å². The summed E-state index contributed by atoms with van der Waals surface area (Å²) in [5, 5.41) is 9.92. The number of aromatic hydroxyl groups is 1. The fourth-order valence-corrected chi connectivity index (χ4v) is 3.20. The molecule has 1 aromatic carbocycles. The molecule has 1 N–H and O–H groups in total. The topological polar surface area (TPSA) is 37.3 Å². The van der Waals surface area contributed by atoms with E-state index in [0.717, 1.165) is 24.0 Å². The molecular formula is C15H12Cl2O2. The van der Waals surface area contributed by atoms with Gasteiger partial charge in [0.2, 0.25) is 0 Å². The van der Waals surface area contributed by atoms with Gasteiger partial charge in [-0.2, -0.15) is 0 Å². The van der Waals surface area contributed by atoms with Gasteiger partial charge in [-0.1, -0.05) is 41.4 Å². The van der Waals surface area contributed by atoms with Gasteiger partial charge in [-0.05, 0) is 36.5 Å². The highest BCUT2D eigenvalue weighted by atomic mass is 35.5. The predicted molar refractivity (Wildman–Crippen MR) is 76.1 cm³/mol. The first-order valence-electron chi connectivity index (χ1n) is 6.20. The van der Waals surface area contributed by atoms with Crippen molar-refractivity contribution in [3.05, 3.63) is 51.0 Å². The van der Waals surface area contributed by atoms with Crippen molar-refractivity contribution in [2.75, 3.05) is 0 Å². The van der Waals surface area contributed by atoms with Gasteiger partial charge in [0.05, 0.1) is 10.9 Å². The van der Waals surface area contributed by atoms with Gasteiger partial charge in [0.15, 0.2) is 5.78 Å². The zero-order valence-corrected chi connectivity index (χ0v) is 11.6. The number of Topliss-reactive ketones (excluding diaryl/α,β-unsaturated/α-hetero) is 1. The van der Waals surface area contributed by atoms with Crippen LogP contribution in [-0.2, 0) is 6.42 Å². The molecule has 0 aromatic heterocycles. The summed E-state index contributed by atoms with van der Waals surface area (Å²) < 4.78 is 0. The van der Waals surface area contributed by atoms with Gasteiger partial charge in [0, 0.05) is 5.56 Å². The lowest BCUT2D eigenvalue weighted by Gasteiger charge is -2.12. The second kappa shape index (κ2) is 4.69. The molecule has 1 atom stereocenters. The molecule has 0 aliphatic heterocycles. The Morgan fingerprint density at radius 2 is 2.00 bits per heavy atom. The Morgan fingerprint density at radius 1 is 1.21 bits per heavy atom. The first-order chi connectivity index (χ1) is 9.09. The zero-order valence-electron chi connectivity index (χ0n) is 10.1. The third-order valence-electron chi connectivity index (χ3n) is 3.68. The number of phenolic OH excluding ortho intramolecular Hbond substituents is 1. The number of hydrogen-bond donors (Lipinski definition) is 1. The van der Waals surface area contributed by atoms with Gasteiger partial charge in [0.25, 0.3) is 0 Å². The van der Waals surface area contributed by atoms with Crippen LogP contribution in [0.4, 0.5) is 0 Å². The second-order valence-electron chi connectivity index (χ2n) is 4.86. The van der Waals surface area contributed by atoms with Crippen LogP contribution >= 0.6 is 23.2 Å². The Balaban J connectivity index is 2.05. The molecule has 3 rings (SSSR count). The molecule has 19 heavy (non-hydrogen) atoms. The van der Waals surface area contributed by atoms with Crippen molar-refractivity contribution >= 4 is 29.0 Å². The van der Waals surface area contributed by atoms with E-state index in [9.17, 15) is 9.90 Å². The van der Waals surface area contributed by atoms with E-state index >= 15 is 0 Å². The number of rotatable bonds is 1. The van der Waals surface area contributed by atoms with Gasteiger partial charge in [-0.3, -0.25) is 4.79 Å². The molecule has 0 saturated heterocycles. The maximum atomic E-state index is 12.5. The van der Waals surface area contributed by atoms with Crippen LogP contribution in [0.3, 0.4) is 0 Å². The van der Waals surface area contributed by atoms with Crippen LogP contribution in [0.15, 0.2) is 29.9 Å². The van der Waals surface area contributed by atoms with Gasteiger partial charge < -0.3 is 5.11 Å². The van der Waals surface area contributed by atoms with E-state index in [4.69, 9.17) is 23.2 Å². The Hall–Kier alpha value is -1.25. The Morgan fingerprint density at radius 3 is 2.68 bits per heavy atom. The minimum absolute atomic E-state index is 0.000278. The first-order valence-corrected chi connectivity index (χ1v) is 6.96. The van der Waals surface area contributed by atoms with E-state index in [1.165, 1.54) is 0 Å². The van der Waals surface area contributed by atoms with Crippen molar-refractivity contribution in [1.82, 2.24) is 0 Å². The summed E-state index contributed by atoms with van der Waals surface area (Å²) >= 11 is 12.0. The van der Waals surface area contributed by atoms with Crippen LogP contribution in [0.2, 0.25) is 10.0 Å². The maximum Gasteiger partial charge on any atom is 0.172 e. The summed E-state index contributed by atoms with van der Waals surface area (Å²) in [6.07, 6.45) is 8.75. The summed E-state index contributed by atoms with van der Waals surface area (Å²) in [5.74, 6) is -0.256. The molecule has 1 aromatic rings. The number of halogens is 2. The van der Waals surface area contributed by atoms with E-state index in [-0.39, 0.29) is 27.5 Å². The average Bonchev–Trinajstić information content (AvgIpc) is 2.74. The van der Waals surface area contributed by atoms with E-state index < -0.39 is 0 Å². The van der Waals surface area contributed by atoms with E-state index in [0.29, 0.717) is 12.0 Å². The molecular weight excluding hydrogens is 283 g/mol. The highest BCUT2D eigenvalue weighted by Crippen LogP contribution is 2.43. The molecule has 2 aliphatic carbocycles. The molecule has 1 unspecified atom stereocenters. The smallest absolute Gasteiger partial charge is 0.172 e. The predicted octanol–water partition coefficient (Wildman–Crippen LogP) is 4.33. The molecule has 2 nitrogen and oxygen atoms in total. The third kappa shape index (κ3) is 1.99. The number of carbonyl (C=O) groups excluding carboxylic acids is 1. The minimum Gasteiger partial charge on any atom is -0.506 e.